The lowest BCUT2D eigenvalue weighted by molar-refractivity contribution is 0.222. The fourth-order valence-electron chi connectivity index (χ4n) is 1.87. The molecule has 2 aromatic rings. The number of aryl methyl sites for hydroxylation is 1. The van der Waals surface area contributed by atoms with Crippen molar-refractivity contribution in [3.63, 3.8) is 0 Å². The van der Waals surface area contributed by atoms with Gasteiger partial charge in [0.25, 0.3) is 0 Å². The molecule has 0 atom stereocenters. The van der Waals surface area contributed by atoms with E-state index in [0.29, 0.717) is 17.8 Å². The van der Waals surface area contributed by atoms with Gasteiger partial charge >= 0.3 is 6.01 Å². The van der Waals surface area contributed by atoms with E-state index in [1.165, 1.54) is 0 Å². The number of methoxy groups -OCH3 is 1. The molecule has 0 unspecified atom stereocenters. The topological polar surface area (TPSA) is 69.2 Å². The van der Waals surface area contributed by atoms with Gasteiger partial charge in [0.2, 0.25) is 5.95 Å². The number of benzene rings is 1. The fourth-order valence-corrected chi connectivity index (χ4v) is 1.87. The van der Waals surface area contributed by atoms with Crippen LogP contribution in [-0.4, -0.2) is 35.2 Å². The van der Waals surface area contributed by atoms with Crippen LogP contribution >= 0.6 is 0 Å². The number of hydrogen-bond donors (Lipinski definition) is 1. The highest BCUT2D eigenvalue weighted by Crippen LogP contribution is 2.26. The van der Waals surface area contributed by atoms with Gasteiger partial charge in [-0.2, -0.15) is 15.0 Å². The molecule has 0 aliphatic heterocycles. The van der Waals surface area contributed by atoms with E-state index in [4.69, 9.17) is 9.47 Å². The first-order chi connectivity index (χ1) is 10.0. The van der Waals surface area contributed by atoms with Crippen molar-refractivity contribution in [1.82, 2.24) is 15.0 Å². The van der Waals surface area contributed by atoms with Crippen molar-refractivity contribution in [3.05, 3.63) is 23.8 Å². The minimum absolute atomic E-state index is 0.00178. The highest BCUT2D eigenvalue weighted by molar-refractivity contribution is 5.62. The molecule has 6 heteroatoms. The van der Waals surface area contributed by atoms with Gasteiger partial charge in [0, 0.05) is 12.6 Å². The van der Waals surface area contributed by atoms with E-state index < -0.39 is 0 Å². The summed E-state index contributed by atoms with van der Waals surface area (Å²) in [6, 6.07) is 6.08. The smallest absolute Gasteiger partial charge is 0.322 e. The van der Waals surface area contributed by atoms with Gasteiger partial charge in [-0.15, -0.1) is 0 Å². The third-order valence-corrected chi connectivity index (χ3v) is 2.85. The molecular weight excluding hydrogens is 268 g/mol. The van der Waals surface area contributed by atoms with Crippen LogP contribution in [-0.2, 0) is 0 Å². The van der Waals surface area contributed by atoms with E-state index in [9.17, 15) is 0 Å². The Morgan fingerprint density at radius 2 is 1.90 bits per heavy atom. The van der Waals surface area contributed by atoms with Gasteiger partial charge in [0.15, 0.2) is 5.82 Å². The quantitative estimate of drug-likeness (QED) is 0.912. The van der Waals surface area contributed by atoms with Crippen molar-refractivity contribution >= 4 is 5.95 Å². The normalized spacial score (nSPS) is 10.6. The van der Waals surface area contributed by atoms with E-state index in [1.54, 1.807) is 14.2 Å². The second-order valence-electron chi connectivity index (χ2n) is 4.86. The van der Waals surface area contributed by atoms with Gasteiger partial charge in [-0.3, -0.25) is 0 Å². The zero-order valence-electron chi connectivity index (χ0n) is 13.0. The second kappa shape index (κ2) is 6.39. The van der Waals surface area contributed by atoms with Crippen molar-refractivity contribution < 1.29 is 9.47 Å². The highest BCUT2D eigenvalue weighted by Gasteiger charge is 2.12. The number of ether oxygens (including phenoxy) is 2. The Labute approximate surface area is 124 Å². The molecular formula is C15H20N4O2. The minimum atomic E-state index is 0.00178. The molecule has 0 spiro atoms. The van der Waals surface area contributed by atoms with E-state index in [1.807, 2.05) is 39.0 Å². The van der Waals surface area contributed by atoms with Gasteiger partial charge in [0.05, 0.1) is 13.2 Å². The van der Waals surface area contributed by atoms with Crippen LogP contribution in [0, 0.1) is 6.92 Å². The first kappa shape index (κ1) is 15.0. The Morgan fingerprint density at radius 1 is 1.14 bits per heavy atom. The molecule has 2 rings (SSSR count). The molecule has 0 aliphatic rings. The number of rotatable bonds is 5. The number of nitrogens with zero attached hydrogens (tertiary/aromatic N) is 3. The molecule has 0 aliphatic carbocycles. The van der Waals surface area contributed by atoms with Crippen molar-refractivity contribution in [2.24, 2.45) is 0 Å². The van der Waals surface area contributed by atoms with Crippen molar-refractivity contribution in [3.8, 4) is 23.1 Å². The largest absolute Gasteiger partial charge is 0.497 e. The molecule has 21 heavy (non-hydrogen) atoms. The second-order valence-corrected chi connectivity index (χ2v) is 4.86. The molecule has 0 saturated heterocycles. The van der Waals surface area contributed by atoms with E-state index in [2.05, 4.69) is 20.3 Å². The monoisotopic (exact) mass is 288 g/mol. The predicted molar refractivity (Wildman–Crippen MR) is 81.9 cm³/mol. The summed E-state index contributed by atoms with van der Waals surface area (Å²) >= 11 is 0. The number of aromatic nitrogens is 3. The lowest BCUT2D eigenvalue weighted by Gasteiger charge is -2.12. The molecule has 1 N–H and O–H groups in total. The maximum Gasteiger partial charge on any atom is 0.322 e. The summed E-state index contributed by atoms with van der Waals surface area (Å²) in [7, 11) is 3.41. The first-order valence-corrected chi connectivity index (χ1v) is 6.79. The molecule has 1 aromatic heterocycles. The SMILES string of the molecule is CNc1nc(OC(C)C)nc(-c2ccc(OC)cc2C)n1. The van der Waals surface area contributed by atoms with E-state index in [-0.39, 0.29) is 6.10 Å². The lowest BCUT2D eigenvalue weighted by Crippen LogP contribution is -2.11. The van der Waals surface area contributed by atoms with Gasteiger partial charge < -0.3 is 14.8 Å². The Morgan fingerprint density at radius 3 is 2.48 bits per heavy atom. The van der Waals surface area contributed by atoms with Crippen LogP contribution in [0.4, 0.5) is 5.95 Å². The van der Waals surface area contributed by atoms with E-state index in [0.717, 1.165) is 16.9 Å². The summed E-state index contributed by atoms with van der Waals surface area (Å²) in [6.07, 6.45) is 0.00178. The van der Waals surface area contributed by atoms with Gasteiger partial charge in [0.1, 0.15) is 5.75 Å². The predicted octanol–water partition coefficient (Wildman–Crippen LogP) is 2.68. The van der Waals surface area contributed by atoms with Crippen LogP contribution in [0.25, 0.3) is 11.4 Å². The Kier molecular flexibility index (Phi) is 4.57. The Balaban J connectivity index is 2.47. The molecule has 6 nitrogen and oxygen atoms in total. The zero-order chi connectivity index (χ0) is 15.4. The van der Waals surface area contributed by atoms with Crippen LogP contribution in [0.15, 0.2) is 18.2 Å². The standard InChI is InChI=1S/C15H20N4O2/c1-9(2)21-15-18-13(17-14(16-4)19-15)12-7-6-11(20-5)8-10(12)3/h6-9H,1-5H3,(H,16,17,18,19). The van der Waals surface area contributed by atoms with Crippen LogP contribution in [0.1, 0.15) is 19.4 Å². The van der Waals surface area contributed by atoms with Crippen LogP contribution in [0.2, 0.25) is 0 Å². The zero-order valence-corrected chi connectivity index (χ0v) is 13.0. The van der Waals surface area contributed by atoms with Crippen LogP contribution < -0.4 is 14.8 Å². The summed E-state index contributed by atoms with van der Waals surface area (Å²) in [4.78, 5) is 13.0. The molecule has 1 aromatic carbocycles. The maximum absolute atomic E-state index is 5.58. The molecule has 0 saturated carbocycles. The van der Waals surface area contributed by atoms with Crippen molar-refractivity contribution in [2.75, 3.05) is 19.5 Å². The first-order valence-electron chi connectivity index (χ1n) is 6.79. The van der Waals surface area contributed by atoms with Gasteiger partial charge in [-0.25, -0.2) is 0 Å². The maximum atomic E-state index is 5.58. The number of hydrogen-bond acceptors (Lipinski definition) is 6. The fraction of sp³-hybridized carbons (Fsp3) is 0.400. The lowest BCUT2D eigenvalue weighted by atomic mass is 10.1. The van der Waals surface area contributed by atoms with Crippen LogP contribution in [0.5, 0.6) is 11.8 Å². The summed E-state index contributed by atoms with van der Waals surface area (Å²) in [5, 5.41) is 2.93. The average Bonchev–Trinajstić information content (AvgIpc) is 2.45. The summed E-state index contributed by atoms with van der Waals surface area (Å²) in [5.41, 5.74) is 1.95. The molecule has 0 radical (unpaired) electrons. The third kappa shape index (κ3) is 3.59. The van der Waals surface area contributed by atoms with Gasteiger partial charge in [-0.1, -0.05) is 0 Å². The van der Waals surface area contributed by atoms with Gasteiger partial charge in [-0.05, 0) is 44.5 Å². The molecule has 0 amide bonds. The average molecular weight is 288 g/mol. The summed E-state index contributed by atoms with van der Waals surface area (Å²) in [5.74, 6) is 1.86. The summed E-state index contributed by atoms with van der Waals surface area (Å²) in [6.45, 7) is 5.85. The number of nitrogens with one attached hydrogen (secondary N) is 1. The summed E-state index contributed by atoms with van der Waals surface area (Å²) < 4.78 is 10.8. The Hall–Kier alpha value is -2.37. The molecule has 0 bridgehead atoms. The Bertz CT molecular complexity index is 629. The number of anilines is 1. The van der Waals surface area contributed by atoms with Crippen LogP contribution in [0.3, 0.4) is 0 Å². The van der Waals surface area contributed by atoms with Crippen molar-refractivity contribution in [2.45, 2.75) is 26.9 Å². The highest BCUT2D eigenvalue weighted by atomic mass is 16.5. The molecule has 1 heterocycles. The molecule has 0 fully saturated rings. The van der Waals surface area contributed by atoms with Crippen molar-refractivity contribution in [1.29, 1.82) is 0 Å². The third-order valence-electron chi connectivity index (χ3n) is 2.85. The van der Waals surface area contributed by atoms with E-state index >= 15 is 0 Å². The minimum Gasteiger partial charge on any atom is -0.497 e. The molecule has 112 valence electrons.